The highest BCUT2D eigenvalue weighted by Crippen LogP contribution is 1.82. The molecule has 0 amide bonds. The summed E-state index contributed by atoms with van der Waals surface area (Å²) in [5.74, 6) is 0. The Balaban J connectivity index is -0.000000131. The molecule has 0 aromatic carbocycles. The fraction of sp³-hybridized carbons (Fsp3) is 0.714. The zero-order chi connectivity index (χ0) is 12.0. The Kier molecular flexibility index (Phi) is 20.6. The highest BCUT2D eigenvalue weighted by molar-refractivity contribution is 7.79. The SMILES string of the molecule is C=CCCC.O=S(=O)(O)O.OCCO. The van der Waals surface area contributed by atoms with Crippen LogP contribution in [0.15, 0.2) is 12.7 Å². The summed E-state index contributed by atoms with van der Waals surface area (Å²) in [5, 5.41) is 15.2. The van der Waals surface area contributed by atoms with Crippen LogP contribution in [0.5, 0.6) is 0 Å². The third kappa shape index (κ3) is 200. The van der Waals surface area contributed by atoms with E-state index in [1.165, 1.54) is 6.42 Å². The average Bonchev–Trinajstić information content (AvgIpc) is 2.03. The van der Waals surface area contributed by atoms with Gasteiger partial charge in [0, 0.05) is 0 Å². The lowest BCUT2D eigenvalue weighted by molar-refractivity contribution is 0.186. The molecule has 0 aliphatic rings. The predicted octanol–water partition coefficient (Wildman–Crippen LogP) is 0.291. The molecule has 6 nitrogen and oxygen atoms in total. The van der Waals surface area contributed by atoms with Crippen LogP contribution >= 0.6 is 0 Å². The fourth-order valence-corrected chi connectivity index (χ4v) is 0.204. The second-order valence-corrected chi connectivity index (χ2v) is 2.87. The maximum atomic E-state index is 8.74. The van der Waals surface area contributed by atoms with Crippen molar-refractivity contribution in [1.82, 2.24) is 0 Å². The molecule has 0 spiro atoms. The molecular weight excluding hydrogens is 212 g/mol. The molecular formula is C7H18O6S. The summed E-state index contributed by atoms with van der Waals surface area (Å²) < 4.78 is 31.6. The van der Waals surface area contributed by atoms with E-state index >= 15 is 0 Å². The van der Waals surface area contributed by atoms with Crippen LogP contribution in [0.2, 0.25) is 0 Å². The van der Waals surface area contributed by atoms with Crippen molar-refractivity contribution in [2.24, 2.45) is 0 Å². The van der Waals surface area contributed by atoms with Crippen LogP contribution in [0.1, 0.15) is 19.8 Å². The quantitative estimate of drug-likeness (QED) is 0.409. The van der Waals surface area contributed by atoms with Crippen LogP contribution in [0.3, 0.4) is 0 Å². The number of hydrogen-bond acceptors (Lipinski definition) is 4. The lowest BCUT2D eigenvalue weighted by Gasteiger charge is -1.72. The first-order chi connectivity index (χ1) is 6.33. The van der Waals surface area contributed by atoms with E-state index in [4.69, 9.17) is 27.7 Å². The van der Waals surface area contributed by atoms with Crippen LogP contribution in [-0.2, 0) is 10.4 Å². The summed E-state index contributed by atoms with van der Waals surface area (Å²) in [6.07, 6.45) is 4.31. The molecule has 14 heavy (non-hydrogen) atoms. The minimum atomic E-state index is -4.67. The maximum absolute atomic E-state index is 8.74. The number of hydrogen-bond donors (Lipinski definition) is 4. The molecule has 0 saturated carbocycles. The summed E-state index contributed by atoms with van der Waals surface area (Å²) in [4.78, 5) is 0. The minimum Gasteiger partial charge on any atom is -0.394 e. The zero-order valence-electron chi connectivity index (χ0n) is 8.13. The molecule has 4 N–H and O–H groups in total. The minimum absolute atomic E-state index is 0.125. The van der Waals surface area contributed by atoms with E-state index in [1.807, 2.05) is 6.08 Å². The number of allylic oxidation sites excluding steroid dienone is 1. The van der Waals surface area contributed by atoms with Crippen molar-refractivity contribution in [2.45, 2.75) is 19.8 Å². The first-order valence-corrected chi connectivity index (χ1v) is 5.25. The molecule has 7 heteroatoms. The standard InChI is InChI=1S/C5H10.C2H6O2.H2O4S/c1-3-5-4-2;3-1-2-4;1-5(2,3)4/h3H,1,4-5H2,2H3;3-4H,1-2H2;(H2,1,2,3,4). The summed E-state index contributed by atoms with van der Waals surface area (Å²) in [6, 6.07) is 0. The van der Waals surface area contributed by atoms with Gasteiger partial charge in [0.25, 0.3) is 0 Å². The normalized spacial score (nSPS) is 8.93. The number of aliphatic hydroxyl groups excluding tert-OH is 2. The third-order valence-corrected chi connectivity index (χ3v) is 0.593. The van der Waals surface area contributed by atoms with Crippen molar-refractivity contribution < 1.29 is 27.7 Å². The molecule has 0 aromatic heterocycles. The van der Waals surface area contributed by atoms with E-state index in [9.17, 15) is 0 Å². The first kappa shape index (κ1) is 19.2. The van der Waals surface area contributed by atoms with Gasteiger partial charge in [0.15, 0.2) is 0 Å². The smallest absolute Gasteiger partial charge is 0.394 e. The largest absolute Gasteiger partial charge is 0.394 e. The molecule has 0 heterocycles. The second-order valence-electron chi connectivity index (χ2n) is 1.97. The summed E-state index contributed by atoms with van der Waals surface area (Å²) in [5.41, 5.74) is 0. The number of aliphatic hydroxyl groups is 2. The van der Waals surface area contributed by atoms with Gasteiger partial charge in [-0.15, -0.1) is 6.58 Å². The Bertz CT molecular complexity index is 176. The topological polar surface area (TPSA) is 115 Å². The molecule has 0 unspecified atom stereocenters. The van der Waals surface area contributed by atoms with E-state index < -0.39 is 10.4 Å². The van der Waals surface area contributed by atoms with Gasteiger partial charge >= 0.3 is 10.4 Å². The fourth-order valence-electron chi connectivity index (χ4n) is 0.204. The zero-order valence-corrected chi connectivity index (χ0v) is 8.94. The highest BCUT2D eigenvalue weighted by atomic mass is 32.3. The Morgan fingerprint density at radius 1 is 1.21 bits per heavy atom. The number of unbranched alkanes of at least 4 members (excludes halogenated alkanes) is 1. The van der Waals surface area contributed by atoms with Crippen molar-refractivity contribution in [3.63, 3.8) is 0 Å². The van der Waals surface area contributed by atoms with Gasteiger partial charge in [0.2, 0.25) is 0 Å². The van der Waals surface area contributed by atoms with Crippen molar-refractivity contribution >= 4 is 10.4 Å². The Morgan fingerprint density at radius 2 is 1.50 bits per heavy atom. The lowest BCUT2D eigenvalue weighted by Crippen LogP contribution is -1.89. The van der Waals surface area contributed by atoms with Crippen molar-refractivity contribution in [2.75, 3.05) is 13.2 Å². The molecule has 0 saturated heterocycles. The van der Waals surface area contributed by atoms with Gasteiger partial charge in [-0.05, 0) is 6.42 Å². The van der Waals surface area contributed by atoms with E-state index in [0.717, 1.165) is 6.42 Å². The molecule has 0 rings (SSSR count). The van der Waals surface area contributed by atoms with Gasteiger partial charge < -0.3 is 10.2 Å². The first-order valence-electron chi connectivity index (χ1n) is 3.85. The van der Waals surface area contributed by atoms with Gasteiger partial charge in [0.05, 0.1) is 13.2 Å². The van der Waals surface area contributed by atoms with Gasteiger partial charge in [-0.25, -0.2) is 0 Å². The van der Waals surface area contributed by atoms with Crippen LogP contribution < -0.4 is 0 Å². The summed E-state index contributed by atoms with van der Waals surface area (Å²) >= 11 is 0. The molecule has 0 bridgehead atoms. The Labute approximate surface area is 84.5 Å². The van der Waals surface area contributed by atoms with Crippen molar-refractivity contribution in [3.8, 4) is 0 Å². The van der Waals surface area contributed by atoms with E-state index in [0.29, 0.717) is 0 Å². The molecule has 0 aliphatic heterocycles. The third-order valence-electron chi connectivity index (χ3n) is 0.593. The number of rotatable bonds is 3. The molecule has 0 atom stereocenters. The second kappa shape index (κ2) is 15.0. The summed E-state index contributed by atoms with van der Waals surface area (Å²) in [6.45, 7) is 5.44. The highest BCUT2D eigenvalue weighted by Gasteiger charge is 1.84. The molecule has 88 valence electrons. The lowest BCUT2D eigenvalue weighted by atomic mass is 10.3. The molecule has 0 fully saturated rings. The van der Waals surface area contributed by atoms with Crippen LogP contribution in [-0.4, -0.2) is 41.0 Å². The van der Waals surface area contributed by atoms with E-state index in [-0.39, 0.29) is 13.2 Å². The Hall–Kier alpha value is -0.470. The van der Waals surface area contributed by atoms with E-state index in [1.54, 1.807) is 0 Å². The van der Waals surface area contributed by atoms with Crippen LogP contribution in [0.4, 0.5) is 0 Å². The van der Waals surface area contributed by atoms with Gasteiger partial charge in [0.1, 0.15) is 0 Å². The van der Waals surface area contributed by atoms with Crippen molar-refractivity contribution in [3.05, 3.63) is 12.7 Å². The van der Waals surface area contributed by atoms with Crippen LogP contribution in [0, 0.1) is 0 Å². The predicted molar refractivity (Wildman–Crippen MR) is 53.5 cm³/mol. The van der Waals surface area contributed by atoms with Gasteiger partial charge in [-0.3, -0.25) is 9.11 Å². The maximum Gasteiger partial charge on any atom is 0.394 e. The molecule has 0 radical (unpaired) electrons. The Morgan fingerprint density at radius 3 is 1.50 bits per heavy atom. The molecule has 0 aliphatic carbocycles. The monoisotopic (exact) mass is 230 g/mol. The average molecular weight is 230 g/mol. The summed E-state index contributed by atoms with van der Waals surface area (Å²) in [7, 11) is -4.67. The van der Waals surface area contributed by atoms with E-state index in [2.05, 4.69) is 13.5 Å². The molecule has 0 aromatic rings. The van der Waals surface area contributed by atoms with Crippen LogP contribution in [0.25, 0.3) is 0 Å². The van der Waals surface area contributed by atoms with Gasteiger partial charge in [-0.2, -0.15) is 8.42 Å². The van der Waals surface area contributed by atoms with Gasteiger partial charge in [-0.1, -0.05) is 19.4 Å². The van der Waals surface area contributed by atoms with Crippen molar-refractivity contribution in [1.29, 1.82) is 0 Å².